The Morgan fingerprint density at radius 3 is 1.79 bits per heavy atom. The minimum Gasteiger partial charge on any atom is -0.362 e. The summed E-state index contributed by atoms with van der Waals surface area (Å²) in [6.45, 7) is 4.20. The maximum Gasteiger partial charge on any atom is 0.177 e. The molecule has 1 spiro atoms. The van der Waals surface area contributed by atoms with Gasteiger partial charge in [0.2, 0.25) is 0 Å². The molecule has 0 aromatic carbocycles. The van der Waals surface area contributed by atoms with Crippen molar-refractivity contribution in [2.24, 2.45) is 0 Å². The molecule has 1 aliphatic heterocycles. The maximum absolute atomic E-state index is 9.06. The number of epoxide rings is 1. The predicted octanol–water partition coefficient (Wildman–Crippen LogP) is 1.74. The first-order chi connectivity index (χ1) is 9.05. The van der Waals surface area contributed by atoms with Gasteiger partial charge in [0.05, 0.1) is 17.0 Å². The smallest absolute Gasteiger partial charge is 0.177 e. The van der Waals surface area contributed by atoms with Gasteiger partial charge in [0.15, 0.2) is 11.4 Å². The molecule has 1 saturated heterocycles. The van der Waals surface area contributed by atoms with Gasteiger partial charge in [-0.2, -0.15) is 10.5 Å². The van der Waals surface area contributed by atoms with E-state index in [0.29, 0.717) is 0 Å². The Labute approximate surface area is 110 Å². The van der Waals surface area contributed by atoms with Crippen LogP contribution in [0, 0.1) is 22.7 Å². The molecule has 3 aliphatic rings. The topological polar surface area (TPSA) is 85.9 Å². The summed E-state index contributed by atoms with van der Waals surface area (Å²) >= 11 is 0. The van der Waals surface area contributed by atoms with Crippen molar-refractivity contribution in [3.05, 3.63) is 22.8 Å². The minimum atomic E-state index is -0.184. The fourth-order valence-corrected chi connectivity index (χ4v) is 4.19. The molecule has 1 aromatic rings. The van der Waals surface area contributed by atoms with Gasteiger partial charge >= 0.3 is 0 Å². The van der Waals surface area contributed by atoms with Gasteiger partial charge in [-0.1, -0.05) is 0 Å². The number of fused-ring (bicyclic) bond motifs is 3. The van der Waals surface area contributed by atoms with E-state index in [-0.39, 0.29) is 34.4 Å². The van der Waals surface area contributed by atoms with Crippen molar-refractivity contribution >= 4 is 0 Å². The molecule has 94 valence electrons. The van der Waals surface area contributed by atoms with Crippen LogP contribution in [0.15, 0.2) is 0 Å². The number of nitriles is 2. The number of aromatic nitrogens is 2. The molecule has 1 aromatic heterocycles. The van der Waals surface area contributed by atoms with Crippen LogP contribution in [-0.2, 0) is 4.74 Å². The molecule has 0 N–H and O–H groups in total. The van der Waals surface area contributed by atoms with Crippen LogP contribution in [0.25, 0.3) is 0 Å². The van der Waals surface area contributed by atoms with Crippen LogP contribution in [-0.4, -0.2) is 21.2 Å². The zero-order valence-corrected chi connectivity index (χ0v) is 10.8. The lowest BCUT2D eigenvalue weighted by molar-refractivity contribution is 0.259. The first kappa shape index (κ1) is 10.9. The van der Waals surface area contributed by atoms with Crippen molar-refractivity contribution in [2.75, 3.05) is 0 Å². The average Bonchev–Trinajstić information content (AvgIpc) is 2.70. The number of hydrogen-bond donors (Lipinski definition) is 0. The van der Waals surface area contributed by atoms with Crippen LogP contribution in [0.2, 0.25) is 0 Å². The summed E-state index contributed by atoms with van der Waals surface area (Å²) in [7, 11) is 0. The first-order valence-electron chi connectivity index (χ1n) is 6.47. The lowest BCUT2D eigenvalue weighted by Crippen LogP contribution is -2.24. The molecular weight excluding hydrogens is 240 g/mol. The highest BCUT2D eigenvalue weighted by atomic mass is 16.6. The Morgan fingerprint density at radius 1 is 1.05 bits per heavy atom. The Kier molecular flexibility index (Phi) is 1.69. The van der Waals surface area contributed by atoms with Gasteiger partial charge < -0.3 is 4.74 Å². The molecule has 0 amide bonds. The molecule has 19 heavy (non-hydrogen) atoms. The Bertz CT molecular complexity index is 646. The maximum atomic E-state index is 9.06. The van der Waals surface area contributed by atoms with Crippen LogP contribution < -0.4 is 0 Å². The summed E-state index contributed by atoms with van der Waals surface area (Å²) in [5.41, 5.74) is 1.72. The van der Waals surface area contributed by atoms with Crippen LogP contribution in [0.1, 0.15) is 61.3 Å². The highest BCUT2D eigenvalue weighted by Crippen LogP contribution is 2.73. The average molecular weight is 252 g/mol. The summed E-state index contributed by atoms with van der Waals surface area (Å²) in [5, 5.41) is 18.1. The molecule has 2 fully saturated rings. The molecule has 5 nitrogen and oxygen atoms in total. The standard InChI is InChI=1S/C14H12N4O/c1-13(2)14(19-13)7-3-4-8(14)12-11(7)17-9(5-15)10(6-16)18-12/h7-8H,3-4H2,1-2H3/t7-,8+,14?. The van der Waals surface area contributed by atoms with Crippen LogP contribution >= 0.6 is 0 Å². The normalized spacial score (nSPS) is 35.8. The SMILES string of the molecule is CC1(C)OC12[C@@H]1CC[C@H]2c2nc(C#N)c(C#N)nc21. The summed E-state index contributed by atoms with van der Waals surface area (Å²) in [4.78, 5) is 8.80. The van der Waals surface area contributed by atoms with Crippen molar-refractivity contribution in [3.63, 3.8) is 0 Å². The predicted molar refractivity (Wildman–Crippen MR) is 64.1 cm³/mol. The quantitative estimate of drug-likeness (QED) is 0.656. The molecule has 1 unspecified atom stereocenters. The molecule has 2 bridgehead atoms. The molecule has 5 heteroatoms. The van der Waals surface area contributed by atoms with Gasteiger partial charge in [0.1, 0.15) is 17.7 Å². The van der Waals surface area contributed by atoms with Gasteiger partial charge in [-0.15, -0.1) is 0 Å². The Balaban J connectivity index is 1.94. The molecule has 4 rings (SSSR count). The van der Waals surface area contributed by atoms with Crippen molar-refractivity contribution < 1.29 is 4.74 Å². The van der Waals surface area contributed by atoms with Crippen LogP contribution in [0.5, 0.6) is 0 Å². The zero-order valence-electron chi connectivity index (χ0n) is 10.8. The van der Waals surface area contributed by atoms with E-state index < -0.39 is 0 Å². The fraction of sp³-hybridized carbons (Fsp3) is 0.571. The van der Waals surface area contributed by atoms with Gasteiger partial charge in [-0.3, -0.25) is 0 Å². The number of ether oxygens (including phenoxy) is 1. The Hall–Kier alpha value is -1.98. The third-order valence-electron chi connectivity index (χ3n) is 4.93. The van der Waals surface area contributed by atoms with E-state index in [2.05, 4.69) is 23.8 Å². The Morgan fingerprint density at radius 2 is 1.47 bits per heavy atom. The molecule has 2 heterocycles. The van der Waals surface area contributed by atoms with E-state index in [4.69, 9.17) is 15.3 Å². The van der Waals surface area contributed by atoms with Crippen molar-refractivity contribution in [1.82, 2.24) is 9.97 Å². The van der Waals surface area contributed by atoms with Crippen molar-refractivity contribution in [2.45, 2.75) is 49.7 Å². The summed E-state index contributed by atoms with van der Waals surface area (Å²) in [6, 6.07) is 3.93. The number of rotatable bonds is 0. The molecule has 1 saturated carbocycles. The van der Waals surface area contributed by atoms with Gasteiger partial charge in [0.25, 0.3) is 0 Å². The largest absolute Gasteiger partial charge is 0.362 e. The van der Waals surface area contributed by atoms with E-state index in [0.717, 1.165) is 24.2 Å². The third-order valence-corrected chi connectivity index (χ3v) is 4.93. The number of nitrogens with zero attached hydrogens (tertiary/aromatic N) is 4. The third kappa shape index (κ3) is 1.00. The van der Waals surface area contributed by atoms with E-state index in [9.17, 15) is 0 Å². The van der Waals surface area contributed by atoms with E-state index in [1.165, 1.54) is 0 Å². The highest BCUT2D eigenvalue weighted by molar-refractivity contribution is 5.49. The van der Waals surface area contributed by atoms with E-state index in [1.807, 2.05) is 12.1 Å². The second kappa shape index (κ2) is 2.95. The van der Waals surface area contributed by atoms with Crippen LogP contribution in [0.4, 0.5) is 0 Å². The van der Waals surface area contributed by atoms with Crippen molar-refractivity contribution in [3.8, 4) is 12.1 Å². The summed E-state index contributed by atoms with van der Waals surface area (Å²) in [5.74, 6) is 0.463. The van der Waals surface area contributed by atoms with E-state index in [1.54, 1.807) is 0 Å². The van der Waals surface area contributed by atoms with Gasteiger partial charge in [0, 0.05) is 11.8 Å². The lowest BCUT2D eigenvalue weighted by atomic mass is 9.85. The highest BCUT2D eigenvalue weighted by Gasteiger charge is 2.78. The monoisotopic (exact) mass is 252 g/mol. The van der Waals surface area contributed by atoms with Gasteiger partial charge in [-0.25, -0.2) is 9.97 Å². The molecular formula is C14H12N4O. The molecule has 2 aliphatic carbocycles. The second-order valence-electron chi connectivity index (χ2n) is 6.00. The van der Waals surface area contributed by atoms with Gasteiger partial charge in [-0.05, 0) is 26.7 Å². The zero-order chi connectivity index (χ0) is 13.4. The van der Waals surface area contributed by atoms with Crippen molar-refractivity contribution in [1.29, 1.82) is 10.5 Å². The fourth-order valence-electron chi connectivity index (χ4n) is 4.19. The summed E-state index contributed by atoms with van der Waals surface area (Å²) < 4.78 is 6.02. The summed E-state index contributed by atoms with van der Waals surface area (Å²) in [6.07, 6.45) is 2.07. The molecule has 0 radical (unpaired) electrons. The van der Waals surface area contributed by atoms with E-state index >= 15 is 0 Å². The molecule has 3 atom stereocenters. The lowest BCUT2D eigenvalue weighted by Gasteiger charge is -2.12. The first-order valence-corrected chi connectivity index (χ1v) is 6.47. The van der Waals surface area contributed by atoms with Crippen LogP contribution in [0.3, 0.4) is 0 Å². The second-order valence-corrected chi connectivity index (χ2v) is 6.00. The minimum absolute atomic E-state index is 0.141. The number of hydrogen-bond acceptors (Lipinski definition) is 5.